The number of halogens is 2. The molecule has 2 unspecified atom stereocenters. The van der Waals surface area contributed by atoms with Gasteiger partial charge in [0.2, 0.25) is 5.91 Å². The van der Waals surface area contributed by atoms with Crippen molar-refractivity contribution in [1.29, 1.82) is 0 Å². The summed E-state index contributed by atoms with van der Waals surface area (Å²) in [7, 11) is 0. The molecule has 1 N–H and O–H groups in total. The molecule has 0 bridgehead atoms. The first-order chi connectivity index (χ1) is 10.2. The number of benzene rings is 1. The Bertz CT molecular complexity index is 496. The van der Waals surface area contributed by atoms with Gasteiger partial charge in [0.1, 0.15) is 0 Å². The molecule has 1 aromatic carbocycles. The quantitative estimate of drug-likeness (QED) is 0.902. The van der Waals surface area contributed by atoms with Crippen molar-refractivity contribution < 1.29 is 4.79 Å². The van der Waals surface area contributed by atoms with E-state index in [4.69, 9.17) is 11.6 Å². The minimum absolute atomic E-state index is 0. The van der Waals surface area contributed by atoms with Crippen LogP contribution in [-0.2, 0) is 4.79 Å². The van der Waals surface area contributed by atoms with Gasteiger partial charge in [0, 0.05) is 17.6 Å². The van der Waals surface area contributed by atoms with Gasteiger partial charge < -0.3 is 10.2 Å². The van der Waals surface area contributed by atoms with Crippen molar-refractivity contribution in [3.8, 4) is 0 Å². The fraction of sp³-hybridized carbons (Fsp3) is 0.588. The van der Waals surface area contributed by atoms with E-state index >= 15 is 0 Å². The highest BCUT2D eigenvalue weighted by atomic mass is 35.5. The average molecular weight is 343 g/mol. The van der Waals surface area contributed by atoms with Crippen molar-refractivity contribution in [2.45, 2.75) is 44.7 Å². The van der Waals surface area contributed by atoms with E-state index in [0.29, 0.717) is 11.9 Å². The van der Waals surface area contributed by atoms with Crippen molar-refractivity contribution >= 4 is 29.9 Å². The summed E-state index contributed by atoms with van der Waals surface area (Å²) in [6.07, 6.45) is 4.40. The zero-order valence-corrected chi connectivity index (χ0v) is 14.5. The maximum atomic E-state index is 12.9. The molecule has 1 aliphatic carbocycles. The standard InChI is InChI=1S/C17H23ClN2O.ClH/c1-12(13-4-6-15(18)7-5-13)20(16-8-9-16)17(21)14-3-2-10-19-11-14;/h4-7,12,14,16,19H,2-3,8-11H2,1H3;1H. The molecule has 1 aliphatic heterocycles. The highest BCUT2D eigenvalue weighted by Gasteiger charge is 2.39. The zero-order chi connectivity index (χ0) is 14.8. The highest BCUT2D eigenvalue weighted by molar-refractivity contribution is 6.30. The molecule has 1 saturated heterocycles. The van der Waals surface area contributed by atoms with E-state index in [1.165, 1.54) is 5.56 Å². The Hall–Kier alpha value is -0.770. The summed E-state index contributed by atoms with van der Waals surface area (Å²) in [6, 6.07) is 8.45. The molecule has 0 radical (unpaired) electrons. The number of nitrogens with zero attached hydrogens (tertiary/aromatic N) is 1. The molecule has 2 aliphatic rings. The normalized spacial score (nSPS) is 22.5. The summed E-state index contributed by atoms with van der Waals surface area (Å²) >= 11 is 5.97. The van der Waals surface area contributed by atoms with Gasteiger partial charge in [0.25, 0.3) is 0 Å². The van der Waals surface area contributed by atoms with Gasteiger partial charge in [0.15, 0.2) is 0 Å². The minimum Gasteiger partial charge on any atom is -0.333 e. The van der Waals surface area contributed by atoms with Crippen LogP contribution < -0.4 is 5.32 Å². The molecule has 1 amide bonds. The van der Waals surface area contributed by atoms with Crippen LogP contribution in [0.1, 0.15) is 44.2 Å². The smallest absolute Gasteiger partial charge is 0.227 e. The fourth-order valence-corrected chi connectivity index (χ4v) is 3.34. The molecule has 2 atom stereocenters. The molecule has 22 heavy (non-hydrogen) atoms. The molecular weight excluding hydrogens is 319 g/mol. The molecule has 3 rings (SSSR count). The molecule has 2 fully saturated rings. The number of piperidine rings is 1. The maximum absolute atomic E-state index is 12.9. The van der Waals surface area contributed by atoms with Crippen LogP contribution in [0.4, 0.5) is 0 Å². The number of nitrogens with one attached hydrogen (secondary N) is 1. The Morgan fingerprint density at radius 2 is 1.95 bits per heavy atom. The van der Waals surface area contributed by atoms with Crippen molar-refractivity contribution in [1.82, 2.24) is 10.2 Å². The molecule has 3 nitrogen and oxygen atoms in total. The first-order valence-electron chi connectivity index (χ1n) is 7.95. The van der Waals surface area contributed by atoms with Crippen LogP contribution in [0.15, 0.2) is 24.3 Å². The van der Waals surface area contributed by atoms with Gasteiger partial charge in [-0.05, 0) is 56.8 Å². The lowest BCUT2D eigenvalue weighted by Gasteiger charge is -2.34. The van der Waals surface area contributed by atoms with Crippen molar-refractivity contribution in [3.63, 3.8) is 0 Å². The maximum Gasteiger partial charge on any atom is 0.227 e. The van der Waals surface area contributed by atoms with E-state index in [0.717, 1.165) is 43.8 Å². The van der Waals surface area contributed by atoms with Crippen LogP contribution in [0.2, 0.25) is 5.02 Å². The van der Waals surface area contributed by atoms with Crippen LogP contribution in [-0.4, -0.2) is 29.9 Å². The van der Waals surface area contributed by atoms with Crippen LogP contribution in [0.25, 0.3) is 0 Å². The molecule has 122 valence electrons. The van der Waals surface area contributed by atoms with E-state index in [-0.39, 0.29) is 24.4 Å². The van der Waals surface area contributed by atoms with E-state index in [2.05, 4.69) is 17.1 Å². The average Bonchev–Trinajstić information content (AvgIpc) is 3.33. The van der Waals surface area contributed by atoms with Crippen molar-refractivity contribution in [3.05, 3.63) is 34.9 Å². The second-order valence-corrected chi connectivity index (χ2v) is 6.68. The van der Waals surface area contributed by atoms with Crippen LogP contribution in [0.3, 0.4) is 0 Å². The molecule has 1 aromatic rings. The number of carbonyl (C=O) groups is 1. The van der Waals surface area contributed by atoms with Crippen LogP contribution in [0.5, 0.6) is 0 Å². The molecular formula is C17H24Cl2N2O. The van der Waals surface area contributed by atoms with E-state index < -0.39 is 0 Å². The number of rotatable bonds is 4. The Balaban J connectivity index is 0.00000176. The minimum atomic E-state index is 0. The SMILES string of the molecule is CC(c1ccc(Cl)cc1)N(C(=O)C1CCCNC1)C1CC1.Cl. The summed E-state index contributed by atoms with van der Waals surface area (Å²) in [5, 5.41) is 4.09. The van der Waals surface area contributed by atoms with Gasteiger partial charge in [-0.25, -0.2) is 0 Å². The van der Waals surface area contributed by atoms with Crippen molar-refractivity contribution in [2.24, 2.45) is 5.92 Å². The third-order valence-corrected chi connectivity index (χ3v) is 4.86. The fourth-order valence-electron chi connectivity index (χ4n) is 3.22. The van der Waals surface area contributed by atoms with Gasteiger partial charge in [-0.3, -0.25) is 4.79 Å². The van der Waals surface area contributed by atoms with Crippen LogP contribution in [0, 0.1) is 5.92 Å². The molecule has 5 heteroatoms. The Morgan fingerprint density at radius 1 is 1.27 bits per heavy atom. The summed E-state index contributed by atoms with van der Waals surface area (Å²) in [4.78, 5) is 15.0. The van der Waals surface area contributed by atoms with Gasteiger partial charge in [-0.1, -0.05) is 23.7 Å². The Kier molecular flexibility index (Phi) is 6.13. The van der Waals surface area contributed by atoms with E-state index in [9.17, 15) is 4.79 Å². The van der Waals surface area contributed by atoms with E-state index in [1.807, 2.05) is 24.3 Å². The molecule has 1 heterocycles. The Labute approximate surface area is 143 Å². The summed E-state index contributed by atoms with van der Waals surface area (Å²) in [5.41, 5.74) is 1.17. The summed E-state index contributed by atoms with van der Waals surface area (Å²) in [6.45, 7) is 4.01. The van der Waals surface area contributed by atoms with Gasteiger partial charge in [0.05, 0.1) is 12.0 Å². The number of hydrogen-bond donors (Lipinski definition) is 1. The highest BCUT2D eigenvalue weighted by Crippen LogP contribution is 2.36. The first-order valence-corrected chi connectivity index (χ1v) is 8.33. The van der Waals surface area contributed by atoms with Gasteiger partial charge in [-0.15, -0.1) is 12.4 Å². The largest absolute Gasteiger partial charge is 0.333 e. The molecule has 1 saturated carbocycles. The number of amides is 1. The second-order valence-electron chi connectivity index (χ2n) is 6.25. The summed E-state index contributed by atoms with van der Waals surface area (Å²) in [5.74, 6) is 0.473. The topological polar surface area (TPSA) is 32.3 Å². The van der Waals surface area contributed by atoms with Crippen LogP contribution >= 0.6 is 24.0 Å². The van der Waals surface area contributed by atoms with Crippen molar-refractivity contribution in [2.75, 3.05) is 13.1 Å². The monoisotopic (exact) mass is 342 g/mol. The number of hydrogen-bond acceptors (Lipinski definition) is 2. The second kappa shape index (κ2) is 7.67. The summed E-state index contributed by atoms with van der Waals surface area (Å²) < 4.78 is 0. The van der Waals surface area contributed by atoms with E-state index in [1.54, 1.807) is 0 Å². The Morgan fingerprint density at radius 3 is 2.50 bits per heavy atom. The molecule has 0 aromatic heterocycles. The number of carbonyl (C=O) groups excluding carboxylic acids is 1. The lowest BCUT2D eigenvalue weighted by atomic mass is 9.96. The molecule has 0 spiro atoms. The zero-order valence-electron chi connectivity index (χ0n) is 12.9. The van der Waals surface area contributed by atoms with Gasteiger partial charge in [-0.2, -0.15) is 0 Å². The third kappa shape index (κ3) is 3.95. The lowest BCUT2D eigenvalue weighted by molar-refractivity contribution is -0.139. The first kappa shape index (κ1) is 17.6. The van der Waals surface area contributed by atoms with Gasteiger partial charge >= 0.3 is 0 Å². The lowest BCUT2D eigenvalue weighted by Crippen LogP contribution is -2.45. The predicted octanol–water partition coefficient (Wildman–Crippen LogP) is 3.81. The predicted molar refractivity (Wildman–Crippen MR) is 92.6 cm³/mol. The third-order valence-electron chi connectivity index (χ3n) is 4.61.